The molecule has 2 amide bonds. The van der Waals surface area contributed by atoms with E-state index >= 15 is 0 Å². The number of nitrogens with one attached hydrogen (secondary N) is 1. The lowest BCUT2D eigenvalue weighted by atomic mass is 9.96. The van der Waals surface area contributed by atoms with Crippen molar-refractivity contribution in [1.29, 1.82) is 0 Å². The molecule has 1 aromatic rings. The fraction of sp³-hybridized carbons (Fsp3) is 0.722. The van der Waals surface area contributed by atoms with Gasteiger partial charge in [0, 0.05) is 56.7 Å². The van der Waals surface area contributed by atoms with E-state index in [0.29, 0.717) is 13.0 Å². The van der Waals surface area contributed by atoms with Crippen LogP contribution in [0.4, 0.5) is 0 Å². The number of hydrogen-bond donors (Lipinski definition) is 1. The molecular weight excluding hydrogens is 320 g/mol. The molecule has 2 rings (SSSR count). The maximum Gasteiger partial charge on any atom is 0.225 e. The van der Waals surface area contributed by atoms with Crippen molar-refractivity contribution < 1.29 is 14.1 Å². The SMILES string of the molecule is Cc1noc(C)c1CN1CCN(C(=O)CCNC(=O)C(C)(C)C)CC1. The van der Waals surface area contributed by atoms with E-state index in [9.17, 15) is 9.59 Å². The highest BCUT2D eigenvalue weighted by Crippen LogP contribution is 2.16. The average Bonchev–Trinajstić information content (AvgIpc) is 2.86. The lowest BCUT2D eigenvalue weighted by molar-refractivity contribution is -0.133. The van der Waals surface area contributed by atoms with Crippen molar-refractivity contribution in [2.75, 3.05) is 32.7 Å². The van der Waals surface area contributed by atoms with E-state index in [2.05, 4.69) is 15.4 Å². The first-order valence-corrected chi connectivity index (χ1v) is 8.88. The maximum absolute atomic E-state index is 12.3. The minimum atomic E-state index is -0.424. The normalized spacial score (nSPS) is 16.1. The molecule has 1 aliphatic heterocycles. The van der Waals surface area contributed by atoms with Gasteiger partial charge in [-0.2, -0.15) is 0 Å². The molecule has 2 heterocycles. The van der Waals surface area contributed by atoms with Crippen molar-refractivity contribution in [1.82, 2.24) is 20.3 Å². The zero-order valence-corrected chi connectivity index (χ0v) is 16.0. The average molecular weight is 350 g/mol. The second kappa shape index (κ2) is 7.99. The molecule has 0 radical (unpaired) electrons. The van der Waals surface area contributed by atoms with Crippen LogP contribution in [0, 0.1) is 19.3 Å². The number of aromatic nitrogens is 1. The molecule has 0 aliphatic carbocycles. The number of amides is 2. The summed E-state index contributed by atoms with van der Waals surface area (Å²) in [6.45, 7) is 13.8. The van der Waals surface area contributed by atoms with E-state index in [-0.39, 0.29) is 11.8 Å². The second-order valence-electron chi connectivity index (χ2n) is 7.72. The van der Waals surface area contributed by atoms with Gasteiger partial charge in [0.2, 0.25) is 11.8 Å². The molecule has 1 aliphatic rings. The molecule has 25 heavy (non-hydrogen) atoms. The number of rotatable bonds is 5. The molecule has 140 valence electrons. The molecule has 1 N–H and O–H groups in total. The zero-order chi connectivity index (χ0) is 18.6. The Morgan fingerprint density at radius 2 is 1.80 bits per heavy atom. The predicted octanol–water partition coefficient (Wildman–Crippen LogP) is 1.49. The van der Waals surface area contributed by atoms with Crippen molar-refractivity contribution in [2.45, 2.75) is 47.6 Å². The van der Waals surface area contributed by atoms with Gasteiger partial charge in [0.1, 0.15) is 5.76 Å². The molecular formula is C18H30N4O3. The van der Waals surface area contributed by atoms with Gasteiger partial charge >= 0.3 is 0 Å². The van der Waals surface area contributed by atoms with Gasteiger partial charge in [-0.1, -0.05) is 25.9 Å². The standard InChI is InChI=1S/C18H30N4O3/c1-13-15(14(2)25-20-13)12-21-8-10-22(11-9-21)16(23)6-7-19-17(24)18(3,4)5/h6-12H2,1-5H3,(H,19,24). The van der Waals surface area contributed by atoms with Crippen LogP contribution in [0.3, 0.4) is 0 Å². The third kappa shape index (κ3) is 5.29. The van der Waals surface area contributed by atoms with Gasteiger partial charge in [0.05, 0.1) is 5.69 Å². The van der Waals surface area contributed by atoms with Crippen LogP contribution >= 0.6 is 0 Å². The summed E-state index contributed by atoms with van der Waals surface area (Å²) in [7, 11) is 0. The number of aryl methyl sites for hydroxylation is 2. The Balaban J connectivity index is 1.72. The first-order chi connectivity index (χ1) is 11.7. The molecule has 0 unspecified atom stereocenters. The molecule has 1 fully saturated rings. The molecule has 0 spiro atoms. The molecule has 0 atom stereocenters. The highest BCUT2D eigenvalue weighted by Gasteiger charge is 2.24. The van der Waals surface area contributed by atoms with Crippen LogP contribution in [0.25, 0.3) is 0 Å². The predicted molar refractivity (Wildman–Crippen MR) is 94.9 cm³/mol. The summed E-state index contributed by atoms with van der Waals surface area (Å²) in [5.74, 6) is 0.946. The van der Waals surface area contributed by atoms with Crippen LogP contribution < -0.4 is 5.32 Å². The summed E-state index contributed by atoms with van der Waals surface area (Å²) in [5.41, 5.74) is 1.66. The largest absolute Gasteiger partial charge is 0.361 e. The summed E-state index contributed by atoms with van der Waals surface area (Å²) >= 11 is 0. The van der Waals surface area contributed by atoms with Crippen LogP contribution in [-0.2, 0) is 16.1 Å². The van der Waals surface area contributed by atoms with Crippen molar-refractivity contribution in [2.24, 2.45) is 5.41 Å². The highest BCUT2D eigenvalue weighted by atomic mass is 16.5. The first-order valence-electron chi connectivity index (χ1n) is 8.88. The second-order valence-corrected chi connectivity index (χ2v) is 7.72. The topological polar surface area (TPSA) is 78.7 Å². The van der Waals surface area contributed by atoms with Gasteiger partial charge in [-0.05, 0) is 13.8 Å². The quantitative estimate of drug-likeness (QED) is 0.870. The number of carbonyl (C=O) groups excluding carboxylic acids is 2. The van der Waals surface area contributed by atoms with Gasteiger partial charge in [-0.25, -0.2) is 0 Å². The van der Waals surface area contributed by atoms with E-state index in [1.54, 1.807) is 0 Å². The van der Waals surface area contributed by atoms with Crippen LogP contribution in [0.15, 0.2) is 4.52 Å². The van der Waals surface area contributed by atoms with Gasteiger partial charge in [0.15, 0.2) is 0 Å². The van der Waals surface area contributed by atoms with Gasteiger partial charge < -0.3 is 14.7 Å². The minimum Gasteiger partial charge on any atom is -0.361 e. The zero-order valence-electron chi connectivity index (χ0n) is 16.0. The monoisotopic (exact) mass is 350 g/mol. The number of piperazine rings is 1. The first kappa shape index (κ1) is 19.4. The third-order valence-corrected chi connectivity index (χ3v) is 4.59. The van der Waals surface area contributed by atoms with Crippen molar-refractivity contribution in [3.05, 3.63) is 17.0 Å². The molecule has 7 nitrogen and oxygen atoms in total. The third-order valence-electron chi connectivity index (χ3n) is 4.59. The summed E-state index contributed by atoms with van der Waals surface area (Å²) in [5, 5.41) is 6.82. The highest BCUT2D eigenvalue weighted by molar-refractivity contribution is 5.82. The smallest absolute Gasteiger partial charge is 0.225 e. The van der Waals surface area contributed by atoms with Crippen molar-refractivity contribution in [3.8, 4) is 0 Å². The lowest BCUT2D eigenvalue weighted by Gasteiger charge is -2.34. The lowest BCUT2D eigenvalue weighted by Crippen LogP contribution is -2.49. The van der Waals surface area contributed by atoms with Crippen LogP contribution in [0.5, 0.6) is 0 Å². The number of nitrogens with zero attached hydrogens (tertiary/aromatic N) is 3. The Morgan fingerprint density at radius 3 is 2.32 bits per heavy atom. The van der Waals surface area contributed by atoms with E-state index in [1.165, 1.54) is 0 Å². The fourth-order valence-electron chi connectivity index (χ4n) is 2.81. The Labute approximate surface area is 149 Å². The van der Waals surface area contributed by atoms with Gasteiger partial charge in [-0.15, -0.1) is 0 Å². The van der Waals surface area contributed by atoms with Crippen molar-refractivity contribution >= 4 is 11.8 Å². The maximum atomic E-state index is 12.3. The Hall–Kier alpha value is -1.89. The number of hydrogen-bond acceptors (Lipinski definition) is 5. The fourth-order valence-corrected chi connectivity index (χ4v) is 2.81. The van der Waals surface area contributed by atoms with E-state index < -0.39 is 5.41 Å². The van der Waals surface area contributed by atoms with Gasteiger partial charge in [0.25, 0.3) is 0 Å². The van der Waals surface area contributed by atoms with Crippen LogP contribution in [0.2, 0.25) is 0 Å². The van der Waals surface area contributed by atoms with E-state index in [1.807, 2.05) is 39.5 Å². The molecule has 0 bridgehead atoms. The minimum absolute atomic E-state index is 0.0235. The van der Waals surface area contributed by atoms with E-state index in [4.69, 9.17) is 4.52 Å². The molecule has 0 saturated carbocycles. The van der Waals surface area contributed by atoms with Crippen LogP contribution in [0.1, 0.15) is 44.2 Å². The summed E-state index contributed by atoms with van der Waals surface area (Å²) in [6.07, 6.45) is 0.353. The Morgan fingerprint density at radius 1 is 1.16 bits per heavy atom. The summed E-state index contributed by atoms with van der Waals surface area (Å²) in [4.78, 5) is 28.3. The molecule has 1 aromatic heterocycles. The molecule has 7 heteroatoms. The molecule has 0 aromatic carbocycles. The summed E-state index contributed by atoms with van der Waals surface area (Å²) < 4.78 is 5.21. The van der Waals surface area contributed by atoms with E-state index in [0.717, 1.165) is 49.7 Å². The van der Waals surface area contributed by atoms with Crippen LogP contribution in [-0.4, -0.2) is 59.5 Å². The van der Waals surface area contributed by atoms with Crippen molar-refractivity contribution in [3.63, 3.8) is 0 Å². The molecule has 1 saturated heterocycles. The Kier molecular flexibility index (Phi) is 6.21. The summed E-state index contributed by atoms with van der Waals surface area (Å²) in [6, 6.07) is 0. The van der Waals surface area contributed by atoms with Gasteiger partial charge in [-0.3, -0.25) is 14.5 Å². The number of carbonyl (C=O) groups is 2. The Bertz CT molecular complexity index is 591.